The van der Waals surface area contributed by atoms with E-state index in [1.165, 1.54) is 23.5 Å². The fourth-order valence-electron chi connectivity index (χ4n) is 1.18. The van der Waals surface area contributed by atoms with E-state index in [9.17, 15) is 13.0 Å². The van der Waals surface area contributed by atoms with Crippen molar-refractivity contribution in [3.8, 4) is 0 Å². The van der Waals surface area contributed by atoms with E-state index in [4.69, 9.17) is 0 Å². The number of benzene rings is 1. The summed E-state index contributed by atoms with van der Waals surface area (Å²) in [5.74, 6) is 0. The number of fused-ring (bicyclic) bond motifs is 1. The van der Waals surface area contributed by atoms with Crippen molar-refractivity contribution in [3.05, 3.63) is 23.2 Å². The monoisotopic (exact) mass is 267 g/mol. The predicted octanol–water partition coefficient (Wildman–Crippen LogP) is -1.49. The number of aryl methyl sites for hydroxylation is 1. The zero-order valence-corrected chi connectivity index (χ0v) is 13.0. The maximum absolute atomic E-state index is 10.7. The van der Waals surface area contributed by atoms with E-state index in [2.05, 4.69) is 4.98 Å². The molecule has 1 aromatic heterocycles. The first-order valence-corrected chi connectivity index (χ1v) is 6.02. The number of thiazole rings is 1. The largest absolute Gasteiger partial charge is 1.00 e. The number of hydrogen-bond acceptors (Lipinski definition) is 5. The average Bonchev–Trinajstić information content (AvgIpc) is 2.41. The molecule has 2 rings (SSSR count). The van der Waals surface area contributed by atoms with Gasteiger partial charge in [-0.3, -0.25) is 0 Å². The van der Waals surface area contributed by atoms with Crippen LogP contribution in [0, 0.1) is 6.92 Å². The minimum absolute atomic E-state index is 0. The molecule has 0 amide bonds. The van der Waals surface area contributed by atoms with Crippen LogP contribution in [0.2, 0.25) is 0 Å². The van der Waals surface area contributed by atoms with Crippen molar-refractivity contribution in [1.82, 2.24) is 4.98 Å². The molecule has 0 atom stereocenters. The maximum atomic E-state index is 10.7. The molecule has 0 saturated heterocycles. The Morgan fingerprint density at radius 2 is 2.07 bits per heavy atom. The Balaban J connectivity index is 0.00000112. The van der Waals surface area contributed by atoms with E-state index in [0.717, 1.165) is 15.2 Å². The van der Waals surface area contributed by atoms with Crippen LogP contribution in [0.4, 0.5) is 0 Å². The molecule has 1 heterocycles. The summed E-state index contributed by atoms with van der Waals surface area (Å²) in [5, 5.41) is 0.848. The molecule has 4 nitrogen and oxygen atoms in total. The van der Waals surface area contributed by atoms with Gasteiger partial charge in [0.1, 0.15) is 10.1 Å². The molecule has 0 aliphatic carbocycles. The van der Waals surface area contributed by atoms with Gasteiger partial charge < -0.3 is 4.55 Å². The first kappa shape index (κ1) is 13.7. The van der Waals surface area contributed by atoms with Gasteiger partial charge in [-0.1, -0.05) is 0 Å². The van der Waals surface area contributed by atoms with Crippen molar-refractivity contribution >= 4 is 31.7 Å². The van der Waals surface area contributed by atoms with Gasteiger partial charge in [-0.15, -0.1) is 11.3 Å². The number of nitrogens with zero attached hydrogens (tertiary/aromatic N) is 1. The quantitative estimate of drug-likeness (QED) is 0.466. The minimum Gasteiger partial charge on any atom is -0.744 e. The molecule has 0 unspecified atom stereocenters. The van der Waals surface area contributed by atoms with Crippen molar-refractivity contribution < 1.29 is 64.4 Å². The molecule has 0 bridgehead atoms. The molecular formula is C8H6KNO3S2. The zero-order chi connectivity index (χ0) is 10.3. The van der Waals surface area contributed by atoms with Crippen LogP contribution in [0.25, 0.3) is 10.2 Å². The molecule has 15 heavy (non-hydrogen) atoms. The molecule has 7 heteroatoms. The maximum Gasteiger partial charge on any atom is 1.00 e. The molecule has 0 N–H and O–H groups in total. The van der Waals surface area contributed by atoms with Crippen molar-refractivity contribution in [2.75, 3.05) is 0 Å². The van der Waals surface area contributed by atoms with Gasteiger partial charge in [-0.05, 0) is 25.1 Å². The first-order chi connectivity index (χ1) is 6.47. The molecule has 0 fully saturated rings. The van der Waals surface area contributed by atoms with Crippen LogP contribution in [0.3, 0.4) is 0 Å². The molecule has 74 valence electrons. The van der Waals surface area contributed by atoms with Gasteiger partial charge in [0.05, 0.1) is 20.1 Å². The van der Waals surface area contributed by atoms with Crippen LogP contribution >= 0.6 is 11.3 Å². The zero-order valence-electron chi connectivity index (χ0n) is 8.22. The Kier molecular flexibility index (Phi) is 4.47. The van der Waals surface area contributed by atoms with Gasteiger partial charge in [0.2, 0.25) is 0 Å². The third-order valence-corrected chi connectivity index (χ3v) is 3.52. The number of rotatable bonds is 1. The molecule has 0 saturated carbocycles. The SMILES string of the molecule is Cc1nc2ccc(S(=O)(=O)[O-])cc2s1.[K+]. The number of hydrogen-bond donors (Lipinski definition) is 0. The van der Waals surface area contributed by atoms with Crippen molar-refractivity contribution in [1.29, 1.82) is 0 Å². The second-order valence-corrected chi connectivity index (χ2v) is 5.43. The Morgan fingerprint density at radius 1 is 1.40 bits per heavy atom. The van der Waals surface area contributed by atoms with Crippen molar-refractivity contribution in [2.24, 2.45) is 0 Å². The van der Waals surface area contributed by atoms with E-state index in [1.54, 1.807) is 6.07 Å². The third kappa shape index (κ3) is 3.07. The summed E-state index contributed by atoms with van der Waals surface area (Å²) >= 11 is 1.37. The molecule has 0 aliphatic heterocycles. The van der Waals surface area contributed by atoms with Crippen LogP contribution in [-0.2, 0) is 10.1 Å². The van der Waals surface area contributed by atoms with Crippen LogP contribution in [-0.4, -0.2) is 18.0 Å². The van der Waals surface area contributed by atoms with Gasteiger partial charge in [0, 0.05) is 0 Å². The average molecular weight is 267 g/mol. The Bertz CT molecular complexity index is 591. The summed E-state index contributed by atoms with van der Waals surface area (Å²) in [6.07, 6.45) is 0. The summed E-state index contributed by atoms with van der Waals surface area (Å²) in [7, 11) is -4.36. The van der Waals surface area contributed by atoms with Gasteiger partial charge in [-0.2, -0.15) is 0 Å². The minimum atomic E-state index is -4.36. The van der Waals surface area contributed by atoms with Crippen molar-refractivity contribution in [2.45, 2.75) is 11.8 Å². The van der Waals surface area contributed by atoms with Crippen LogP contribution < -0.4 is 51.4 Å². The van der Waals surface area contributed by atoms with Crippen molar-refractivity contribution in [3.63, 3.8) is 0 Å². The summed E-state index contributed by atoms with van der Waals surface area (Å²) < 4.78 is 32.9. The smallest absolute Gasteiger partial charge is 0.744 e. The van der Waals surface area contributed by atoms with Crippen LogP contribution in [0.5, 0.6) is 0 Å². The Labute approximate surface area is 134 Å². The topological polar surface area (TPSA) is 70.1 Å². The van der Waals surface area contributed by atoms with Crippen LogP contribution in [0.15, 0.2) is 23.1 Å². The fraction of sp³-hybridized carbons (Fsp3) is 0.125. The standard InChI is InChI=1S/C8H7NO3S2.K/c1-5-9-7-3-2-6(14(10,11)12)4-8(7)13-5;/h2-4H,1H3,(H,10,11,12);/q;+1/p-1. The fourth-order valence-corrected chi connectivity index (χ4v) is 2.61. The van der Waals surface area contributed by atoms with E-state index in [0.29, 0.717) is 0 Å². The second-order valence-electron chi connectivity index (χ2n) is 2.82. The van der Waals surface area contributed by atoms with E-state index in [1.807, 2.05) is 6.92 Å². The summed E-state index contributed by atoms with van der Waals surface area (Å²) in [6, 6.07) is 4.19. The molecular weight excluding hydrogens is 261 g/mol. The summed E-state index contributed by atoms with van der Waals surface area (Å²) in [4.78, 5) is 3.96. The van der Waals surface area contributed by atoms with E-state index < -0.39 is 10.1 Å². The van der Waals surface area contributed by atoms with E-state index >= 15 is 0 Å². The van der Waals surface area contributed by atoms with Crippen LogP contribution in [0.1, 0.15) is 5.01 Å². The molecule has 0 spiro atoms. The molecule has 1 aromatic carbocycles. The summed E-state index contributed by atoms with van der Waals surface area (Å²) in [6.45, 7) is 1.83. The number of aromatic nitrogens is 1. The Hall–Kier alpha value is 0.656. The first-order valence-electron chi connectivity index (χ1n) is 3.80. The third-order valence-electron chi connectivity index (χ3n) is 1.76. The van der Waals surface area contributed by atoms with E-state index in [-0.39, 0.29) is 56.3 Å². The Morgan fingerprint density at radius 3 is 2.67 bits per heavy atom. The van der Waals surface area contributed by atoms with Gasteiger partial charge in [-0.25, -0.2) is 13.4 Å². The summed E-state index contributed by atoms with van der Waals surface area (Å²) in [5.41, 5.74) is 0.722. The normalized spacial score (nSPS) is 11.3. The molecule has 2 aromatic rings. The second kappa shape index (κ2) is 4.88. The molecule has 0 aliphatic rings. The van der Waals surface area contributed by atoms with Gasteiger partial charge >= 0.3 is 51.4 Å². The predicted molar refractivity (Wildman–Crippen MR) is 52.3 cm³/mol. The molecule has 0 radical (unpaired) electrons. The van der Waals surface area contributed by atoms with Gasteiger partial charge in [0.15, 0.2) is 0 Å². The van der Waals surface area contributed by atoms with Gasteiger partial charge in [0.25, 0.3) is 0 Å².